The highest BCUT2D eigenvalue weighted by atomic mass is 79.9. The lowest BCUT2D eigenvalue weighted by Crippen LogP contribution is -2.52. The molecule has 1 aliphatic rings. The van der Waals surface area contributed by atoms with Crippen LogP contribution in [0, 0.1) is 0 Å². The summed E-state index contributed by atoms with van der Waals surface area (Å²) in [5, 5.41) is 3.05. The van der Waals surface area contributed by atoms with Crippen molar-refractivity contribution in [3.05, 3.63) is 58.6 Å². The van der Waals surface area contributed by atoms with Gasteiger partial charge in [0.2, 0.25) is 21.8 Å². The molecule has 1 fully saturated rings. The number of amides is 2. The lowest BCUT2D eigenvalue weighted by atomic mass is 10.1. The zero-order valence-corrected chi connectivity index (χ0v) is 22.6. The number of halogens is 1. The molecule has 10 heteroatoms. The topological polar surface area (TPSA) is 96.0 Å². The van der Waals surface area contributed by atoms with E-state index in [9.17, 15) is 18.0 Å². The molecule has 0 spiro atoms. The Kier molecular flexibility index (Phi) is 9.18. The van der Waals surface area contributed by atoms with Crippen LogP contribution in [0.4, 0.5) is 5.69 Å². The summed E-state index contributed by atoms with van der Waals surface area (Å²) in [6, 6.07) is 13.3. The smallest absolute Gasteiger partial charge is 0.244 e. The van der Waals surface area contributed by atoms with Crippen LogP contribution >= 0.6 is 15.9 Å². The average molecular weight is 567 g/mol. The maximum Gasteiger partial charge on any atom is 0.244 e. The standard InChI is InChI=1S/C25H32BrN3O5S/c1-18(25(31)27-21-7-4-5-8-21)28(16-19-11-13-20(26)14-12-19)24(30)17-29(35(3,32)33)22-9-6-10-23(15-22)34-2/h6,9-15,18,21H,4-5,7-8,16-17H2,1-3H3,(H,27,31)/t18-/m0/s1. The van der Waals surface area contributed by atoms with E-state index in [1.807, 2.05) is 24.3 Å². The minimum absolute atomic E-state index is 0.110. The number of hydrogen-bond acceptors (Lipinski definition) is 5. The predicted molar refractivity (Wildman–Crippen MR) is 140 cm³/mol. The molecule has 1 aliphatic carbocycles. The fourth-order valence-corrected chi connectivity index (χ4v) is 5.25. The highest BCUT2D eigenvalue weighted by Gasteiger charge is 2.31. The predicted octanol–water partition coefficient (Wildman–Crippen LogP) is 3.70. The molecule has 0 bridgehead atoms. The molecule has 2 amide bonds. The van der Waals surface area contributed by atoms with Crippen molar-refractivity contribution in [1.82, 2.24) is 10.2 Å². The molecule has 35 heavy (non-hydrogen) atoms. The van der Waals surface area contributed by atoms with Crippen molar-refractivity contribution in [2.45, 2.75) is 51.2 Å². The first-order valence-corrected chi connectivity index (χ1v) is 14.2. The van der Waals surface area contributed by atoms with Gasteiger partial charge in [-0.2, -0.15) is 0 Å². The molecule has 1 atom stereocenters. The Morgan fingerprint density at radius 1 is 1.14 bits per heavy atom. The molecule has 2 aromatic rings. The largest absolute Gasteiger partial charge is 0.497 e. The van der Waals surface area contributed by atoms with Crippen LogP contribution in [0.15, 0.2) is 53.0 Å². The summed E-state index contributed by atoms with van der Waals surface area (Å²) >= 11 is 3.41. The summed E-state index contributed by atoms with van der Waals surface area (Å²) in [6.07, 6.45) is 5.05. The number of ether oxygens (including phenoxy) is 1. The van der Waals surface area contributed by atoms with Crippen molar-refractivity contribution in [2.24, 2.45) is 0 Å². The van der Waals surface area contributed by atoms with Gasteiger partial charge in [-0.1, -0.05) is 47.0 Å². The van der Waals surface area contributed by atoms with E-state index < -0.39 is 28.5 Å². The Morgan fingerprint density at radius 2 is 1.80 bits per heavy atom. The number of hydrogen-bond donors (Lipinski definition) is 1. The number of nitrogens with zero attached hydrogens (tertiary/aromatic N) is 2. The molecule has 190 valence electrons. The number of sulfonamides is 1. The Morgan fingerprint density at radius 3 is 2.40 bits per heavy atom. The van der Waals surface area contributed by atoms with E-state index in [1.165, 1.54) is 12.0 Å². The molecule has 0 aliphatic heterocycles. The fraction of sp³-hybridized carbons (Fsp3) is 0.440. The maximum atomic E-state index is 13.6. The van der Waals surface area contributed by atoms with Gasteiger partial charge in [0.25, 0.3) is 0 Å². The molecule has 1 N–H and O–H groups in total. The molecule has 8 nitrogen and oxygen atoms in total. The van der Waals surface area contributed by atoms with E-state index in [0.29, 0.717) is 11.4 Å². The third-order valence-electron chi connectivity index (χ3n) is 6.16. The Bertz CT molecular complexity index is 1130. The van der Waals surface area contributed by atoms with Crippen LogP contribution in [0.25, 0.3) is 0 Å². The van der Waals surface area contributed by atoms with Crippen LogP contribution in [0.1, 0.15) is 38.2 Å². The van der Waals surface area contributed by atoms with E-state index in [-0.39, 0.29) is 18.5 Å². The highest BCUT2D eigenvalue weighted by molar-refractivity contribution is 9.10. The lowest BCUT2D eigenvalue weighted by Gasteiger charge is -2.32. The second-order valence-electron chi connectivity index (χ2n) is 8.79. The Labute approximate surface area is 215 Å². The van der Waals surface area contributed by atoms with E-state index in [0.717, 1.165) is 46.3 Å². The summed E-state index contributed by atoms with van der Waals surface area (Å²) in [5.41, 5.74) is 1.14. The van der Waals surface area contributed by atoms with Crippen LogP contribution in [0.2, 0.25) is 0 Å². The van der Waals surface area contributed by atoms with E-state index >= 15 is 0 Å². The second-order valence-corrected chi connectivity index (χ2v) is 11.6. The zero-order chi connectivity index (χ0) is 25.6. The number of benzene rings is 2. The van der Waals surface area contributed by atoms with Crippen LogP contribution in [-0.4, -0.2) is 57.1 Å². The van der Waals surface area contributed by atoms with Crippen LogP contribution < -0.4 is 14.4 Å². The number of anilines is 1. The van der Waals surface area contributed by atoms with Gasteiger partial charge in [-0.3, -0.25) is 13.9 Å². The van der Waals surface area contributed by atoms with Gasteiger partial charge in [0.05, 0.1) is 19.1 Å². The van der Waals surface area contributed by atoms with Gasteiger partial charge in [-0.15, -0.1) is 0 Å². The molecule has 0 unspecified atom stereocenters. The van der Waals surface area contributed by atoms with Crippen molar-refractivity contribution in [1.29, 1.82) is 0 Å². The molecular weight excluding hydrogens is 534 g/mol. The first-order valence-electron chi connectivity index (χ1n) is 11.5. The number of nitrogens with one attached hydrogen (secondary N) is 1. The third-order valence-corrected chi connectivity index (χ3v) is 7.82. The number of carbonyl (C=O) groups is 2. The summed E-state index contributed by atoms with van der Waals surface area (Å²) in [5.74, 6) is -0.246. The van der Waals surface area contributed by atoms with Gasteiger partial charge < -0.3 is 15.0 Å². The zero-order valence-electron chi connectivity index (χ0n) is 20.2. The quantitative estimate of drug-likeness (QED) is 0.473. The summed E-state index contributed by atoms with van der Waals surface area (Å²) in [7, 11) is -2.31. The van der Waals surface area contributed by atoms with Crippen molar-refractivity contribution in [3.63, 3.8) is 0 Å². The summed E-state index contributed by atoms with van der Waals surface area (Å²) in [4.78, 5) is 28.1. The van der Waals surface area contributed by atoms with Gasteiger partial charge >= 0.3 is 0 Å². The van der Waals surface area contributed by atoms with Gasteiger partial charge in [-0.05, 0) is 49.6 Å². The molecule has 0 radical (unpaired) electrons. The van der Waals surface area contributed by atoms with Gasteiger partial charge in [0.1, 0.15) is 18.3 Å². The summed E-state index contributed by atoms with van der Waals surface area (Å²) in [6.45, 7) is 1.40. The van der Waals surface area contributed by atoms with Crippen LogP contribution in [-0.2, 0) is 26.2 Å². The van der Waals surface area contributed by atoms with Crippen LogP contribution in [0.3, 0.4) is 0 Å². The third kappa shape index (κ3) is 7.44. The highest BCUT2D eigenvalue weighted by Crippen LogP contribution is 2.24. The average Bonchev–Trinajstić information content (AvgIpc) is 3.33. The molecule has 2 aromatic carbocycles. The molecule has 0 aromatic heterocycles. The number of carbonyl (C=O) groups excluding carboxylic acids is 2. The maximum absolute atomic E-state index is 13.6. The van der Waals surface area contributed by atoms with Gasteiger partial charge in [0, 0.05) is 23.1 Å². The minimum Gasteiger partial charge on any atom is -0.497 e. The lowest BCUT2D eigenvalue weighted by molar-refractivity contribution is -0.139. The minimum atomic E-state index is -3.79. The fourth-order valence-electron chi connectivity index (χ4n) is 4.14. The molecule has 1 saturated carbocycles. The van der Waals surface area contributed by atoms with E-state index in [1.54, 1.807) is 31.2 Å². The number of rotatable bonds is 10. The van der Waals surface area contributed by atoms with E-state index in [2.05, 4.69) is 21.2 Å². The van der Waals surface area contributed by atoms with Crippen LogP contribution in [0.5, 0.6) is 5.75 Å². The molecule has 0 heterocycles. The van der Waals surface area contributed by atoms with Gasteiger partial charge in [0.15, 0.2) is 0 Å². The van der Waals surface area contributed by atoms with E-state index in [4.69, 9.17) is 4.74 Å². The number of methoxy groups -OCH3 is 1. The molecule has 0 saturated heterocycles. The molecule has 3 rings (SSSR count). The van der Waals surface area contributed by atoms with Gasteiger partial charge in [-0.25, -0.2) is 8.42 Å². The van der Waals surface area contributed by atoms with Crippen molar-refractivity contribution in [3.8, 4) is 5.75 Å². The second kappa shape index (κ2) is 11.9. The SMILES string of the molecule is COc1cccc(N(CC(=O)N(Cc2ccc(Br)cc2)[C@@H](C)C(=O)NC2CCCC2)S(C)(=O)=O)c1. The summed E-state index contributed by atoms with van der Waals surface area (Å²) < 4.78 is 32.4. The van der Waals surface area contributed by atoms with Crippen molar-refractivity contribution >= 4 is 43.5 Å². The monoisotopic (exact) mass is 565 g/mol. The van der Waals surface area contributed by atoms with Crippen molar-refractivity contribution in [2.75, 3.05) is 24.2 Å². The normalized spacial score (nSPS) is 14.9. The Balaban J connectivity index is 1.88. The Hall–Kier alpha value is -2.59. The first-order chi connectivity index (χ1) is 16.6. The first kappa shape index (κ1) is 27.0. The van der Waals surface area contributed by atoms with Crippen molar-refractivity contribution < 1.29 is 22.7 Å². The molecular formula is C25H32BrN3O5S.